The van der Waals surface area contributed by atoms with E-state index in [-0.39, 0.29) is 12.4 Å². The average Bonchev–Trinajstić information content (AvgIpc) is 2.40. The van der Waals surface area contributed by atoms with E-state index < -0.39 is 0 Å². The van der Waals surface area contributed by atoms with Crippen LogP contribution >= 0.6 is 39.1 Å². The lowest BCUT2D eigenvalue weighted by molar-refractivity contribution is 0.101. The highest BCUT2D eigenvalue weighted by Gasteiger charge is 2.11. The summed E-state index contributed by atoms with van der Waals surface area (Å²) in [5.41, 5.74) is 1.31. The lowest BCUT2D eigenvalue weighted by atomic mass is 10.1. The Morgan fingerprint density at radius 2 is 2.00 bits per heavy atom. The van der Waals surface area contributed by atoms with E-state index in [4.69, 9.17) is 27.9 Å². The molecule has 0 unspecified atom stereocenters. The monoisotopic (exact) mass is 372 g/mol. The van der Waals surface area contributed by atoms with E-state index in [0.717, 1.165) is 10.0 Å². The summed E-state index contributed by atoms with van der Waals surface area (Å²) in [5.74, 6) is 0.465. The summed E-state index contributed by atoms with van der Waals surface area (Å²) in [4.78, 5) is 11.6. The molecule has 0 fully saturated rings. The Hall–Kier alpha value is -1.03. The number of carbonyl (C=O) groups is 1. The van der Waals surface area contributed by atoms with E-state index >= 15 is 0 Å². The minimum absolute atomic E-state index is 0.0512. The molecule has 0 saturated carbocycles. The Labute approximate surface area is 135 Å². The van der Waals surface area contributed by atoms with Gasteiger partial charge in [-0.2, -0.15) is 0 Å². The van der Waals surface area contributed by atoms with Gasteiger partial charge >= 0.3 is 0 Å². The zero-order valence-electron chi connectivity index (χ0n) is 10.6. The van der Waals surface area contributed by atoms with Crippen LogP contribution in [0.5, 0.6) is 5.75 Å². The molecule has 2 aromatic rings. The highest BCUT2D eigenvalue weighted by atomic mass is 79.9. The Morgan fingerprint density at radius 3 is 2.70 bits per heavy atom. The molecular weight excluding hydrogens is 363 g/mol. The molecule has 0 atom stereocenters. The first kappa shape index (κ1) is 15.4. The second kappa shape index (κ2) is 6.61. The molecule has 0 radical (unpaired) electrons. The van der Waals surface area contributed by atoms with Gasteiger partial charge in [-0.05, 0) is 31.2 Å². The first-order chi connectivity index (χ1) is 9.49. The molecule has 0 aliphatic rings. The summed E-state index contributed by atoms with van der Waals surface area (Å²) in [5, 5.41) is 0.947. The van der Waals surface area contributed by atoms with E-state index in [2.05, 4.69) is 15.9 Å². The molecule has 0 spiro atoms. The van der Waals surface area contributed by atoms with Crippen LogP contribution in [0.15, 0.2) is 40.9 Å². The predicted octanol–water partition coefficient (Wildman–Crippen LogP) is 5.54. The lowest BCUT2D eigenvalue weighted by Gasteiger charge is -2.11. The number of Topliss-reactive ketones (excluding diaryl/α,β-unsaturated/α-hetero) is 1. The second-order valence-electron chi connectivity index (χ2n) is 4.20. The van der Waals surface area contributed by atoms with Gasteiger partial charge in [-0.15, -0.1) is 0 Å². The van der Waals surface area contributed by atoms with Crippen LogP contribution in [-0.2, 0) is 6.61 Å². The molecule has 0 bridgehead atoms. The number of halogens is 3. The molecule has 0 N–H and O–H groups in total. The topological polar surface area (TPSA) is 26.3 Å². The molecule has 0 amide bonds. The molecule has 0 aliphatic heterocycles. The van der Waals surface area contributed by atoms with Crippen molar-refractivity contribution in [1.82, 2.24) is 0 Å². The van der Waals surface area contributed by atoms with Crippen LogP contribution in [-0.4, -0.2) is 5.78 Å². The first-order valence-corrected chi connectivity index (χ1v) is 7.40. The SMILES string of the molecule is CC(=O)c1ccc(Br)cc1OCc1cccc(Cl)c1Cl. The van der Waals surface area contributed by atoms with E-state index in [1.165, 1.54) is 6.92 Å². The molecule has 20 heavy (non-hydrogen) atoms. The van der Waals surface area contributed by atoms with Crippen molar-refractivity contribution in [2.45, 2.75) is 13.5 Å². The maximum atomic E-state index is 11.6. The van der Waals surface area contributed by atoms with Crippen molar-refractivity contribution in [2.24, 2.45) is 0 Å². The summed E-state index contributed by atoms with van der Waals surface area (Å²) < 4.78 is 6.55. The minimum atomic E-state index is -0.0512. The molecular formula is C15H11BrCl2O2. The van der Waals surface area contributed by atoms with Gasteiger partial charge in [-0.25, -0.2) is 0 Å². The van der Waals surface area contributed by atoms with Crippen LogP contribution in [0.3, 0.4) is 0 Å². The fourth-order valence-corrected chi connectivity index (χ4v) is 2.44. The van der Waals surface area contributed by atoms with Crippen LogP contribution in [0.4, 0.5) is 0 Å². The summed E-state index contributed by atoms with van der Waals surface area (Å²) in [6, 6.07) is 10.6. The molecule has 0 saturated heterocycles. The maximum absolute atomic E-state index is 11.6. The van der Waals surface area contributed by atoms with Gasteiger partial charge in [-0.1, -0.05) is 51.3 Å². The number of ketones is 1. The fraction of sp³-hybridized carbons (Fsp3) is 0.133. The average molecular weight is 374 g/mol. The van der Waals surface area contributed by atoms with Crippen molar-refractivity contribution in [3.63, 3.8) is 0 Å². The summed E-state index contributed by atoms with van der Waals surface area (Å²) in [7, 11) is 0. The quantitative estimate of drug-likeness (QED) is 0.658. The highest BCUT2D eigenvalue weighted by molar-refractivity contribution is 9.10. The number of benzene rings is 2. The molecule has 0 heterocycles. The number of hydrogen-bond donors (Lipinski definition) is 0. The molecule has 104 valence electrons. The minimum Gasteiger partial charge on any atom is -0.488 e. The van der Waals surface area contributed by atoms with Gasteiger partial charge in [0.05, 0.1) is 15.6 Å². The third-order valence-electron chi connectivity index (χ3n) is 2.74. The number of carbonyl (C=O) groups excluding carboxylic acids is 1. The van der Waals surface area contributed by atoms with Gasteiger partial charge < -0.3 is 4.74 Å². The first-order valence-electron chi connectivity index (χ1n) is 5.85. The smallest absolute Gasteiger partial charge is 0.163 e. The number of hydrogen-bond acceptors (Lipinski definition) is 2. The zero-order chi connectivity index (χ0) is 14.7. The third kappa shape index (κ3) is 3.54. The van der Waals surface area contributed by atoms with Crippen molar-refractivity contribution < 1.29 is 9.53 Å². The van der Waals surface area contributed by atoms with Crippen LogP contribution in [0.2, 0.25) is 10.0 Å². The van der Waals surface area contributed by atoms with Crippen LogP contribution in [0.1, 0.15) is 22.8 Å². The van der Waals surface area contributed by atoms with Gasteiger partial charge in [0.25, 0.3) is 0 Å². The standard InChI is InChI=1S/C15H11BrCl2O2/c1-9(19)12-6-5-11(16)7-14(12)20-8-10-3-2-4-13(17)15(10)18/h2-7H,8H2,1H3. The van der Waals surface area contributed by atoms with E-state index in [9.17, 15) is 4.79 Å². The maximum Gasteiger partial charge on any atom is 0.163 e. The van der Waals surface area contributed by atoms with Crippen molar-refractivity contribution >= 4 is 44.9 Å². The highest BCUT2D eigenvalue weighted by Crippen LogP contribution is 2.29. The Balaban J connectivity index is 2.24. The van der Waals surface area contributed by atoms with Crippen LogP contribution < -0.4 is 4.74 Å². The van der Waals surface area contributed by atoms with E-state index in [1.54, 1.807) is 30.3 Å². The Morgan fingerprint density at radius 1 is 1.25 bits per heavy atom. The normalized spacial score (nSPS) is 10.4. The molecule has 2 aromatic carbocycles. The predicted molar refractivity (Wildman–Crippen MR) is 84.9 cm³/mol. The lowest BCUT2D eigenvalue weighted by Crippen LogP contribution is -2.02. The van der Waals surface area contributed by atoms with E-state index in [0.29, 0.717) is 21.4 Å². The molecule has 0 aromatic heterocycles. The summed E-state index contributed by atoms with van der Waals surface area (Å²) >= 11 is 15.4. The van der Waals surface area contributed by atoms with Gasteiger partial charge in [0.1, 0.15) is 12.4 Å². The van der Waals surface area contributed by atoms with Crippen molar-refractivity contribution in [2.75, 3.05) is 0 Å². The Bertz CT molecular complexity index is 656. The van der Waals surface area contributed by atoms with E-state index in [1.807, 2.05) is 6.07 Å². The molecule has 2 nitrogen and oxygen atoms in total. The van der Waals surface area contributed by atoms with Crippen molar-refractivity contribution in [3.05, 3.63) is 62.0 Å². The van der Waals surface area contributed by atoms with Crippen molar-refractivity contribution in [1.29, 1.82) is 0 Å². The largest absolute Gasteiger partial charge is 0.488 e. The van der Waals surface area contributed by atoms with Gasteiger partial charge in [0.15, 0.2) is 5.78 Å². The third-order valence-corrected chi connectivity index (χ3v) is 4.09. The van der Waals surface area contributed by atoms with Crippen molar-refractivity contribution in [3.8, 4) is 5.75 Å². The van der Waals surface area contributed by atoms with Gasteiger partial charge in [-0.3, -0.25) is 4.79 Å². The molecule has 0 aliphatic carbocycles. The van der Waals surface area contributed by atoms with Gasteiger partial charge in [0.2, 0.25) is 0 Å². The second-order valence-corrected chi connectivity index (χ2v) is 5.90. The Kier molecular flexibility index (Phi) is 5.08. The molecule has 5 heteroatoms. The molecule has 2 rings (SSSR count). The summed E-state index contributed by atoms with van der Waals surface area (Å²) in [6.45, 7) is 1.75. The van der Waals surface area contributed by atoms with Crippen LogP contribution in [0.25, 0.3) is 0 Å². The number of ether oxygens (including phenoxy) is 1. The number of rotatable bonds is 4. The fourth-order valence-electron chi connectivity index (χ4n) is 1.72. The van der Waals surface area contributed by atoms with Crippen LogP contribution in [0, 0.1) is 0 Å². The zero-order valence-corrected chi connectivity index (χ0v) is 13.7. The summed E-state index contributed by atoms with van der Waals surface area (Å²) in [6.07, 6.45) is 0. The van der Waals surface area contributed by atoms with Gasteiger partial charge in [0, 0.05) is 10.0 Å².